The summed E-state index contributed by atoms with van der Waals surface area (Å²) < 4.78 is 2.81. The molecule has 1 N–H and O–H groups in total. The molecule has 0 saturated carbocycles. The van der Waals surface area contributed by atoms with Gasteiger partial charge in [-0.25, -0.2) is 4.98 Å². The van der Waals surface area contributed by atoms with Crippen molar-refractivity contribution in [3.63, 3.8) is 0 Å². The molecule has 3 heterocycles. The molecule has 0 bridgehead atoms. The fourth-order valence-corrected chi connectivity index (χ4v) is 5.52. The Kier molecular flexibility index (Phi) is 4.74. The van der Waals surface area contributed by atoms with Crippen LogP contribution >= 0.6 is 34.0 Å². The van der Waals surface area contributed by atoms with Gasteiger partial charge in [0.1, 0.15) is 0 Å². The summed E-state index contributed by atoms with van der Waals surface area (Å²) in [6.07, 6.45) is 2.15. The maximum Gasteiger partial charge on any atom is 0.0950 e. The van der Waals surface area contributed by atoms with Crippen LogP contribution < -0.4 is 5.32 Å². The van der Waals surface area contributed by atoms with E-state index in [1.807, 2.05) is 34.0 Å². The van der Waals surface area contributed by atoms with E-state index in [9.17, 15) is 0 Å². The van der Waals surface area contributed by atoms with Crippen molar-refractivity contribution in [2.24, 2.45) is 0 Å². The van der Waals surface area contributed by atoms with E-state index in [-0.39, 0.29) is 0 Å². The van der Waals surface area contributed by atoms with Gasteiger partial charge in [0.2, 0.25) is 0 Å². The van der Waals surface area contributed by atoms with E-state index in [4.69, 9.17) is 4.98 Å². The summed E-state index contributed by atoms with van der Waals surface area (Å²) in [4.78, 5) is 7.49. The molecular weight excluding hydrogens is 316 g/mol. The first-order valence-corrected chi connectivity index (χ1v) is 9.82. The number of hydrogen-bond donors (Lipinski definition) is 1. The maximum atomic E-state index is 4.71. The lowest BCUT2D eigenvalue weighted by Crippen LogP contribution is -2.23. The Labute approximate surface area is 137 Å². The Balaban J connectivity index is 1.84. The van der Waals surface area contributed by atoms with E-state index in [1.165, 1.54) is 29.9 Å². The van der Waals surface area contributed by atoms with Crippen molar-refractivity contribution < 1.29 is 0 Å². The Morgan fingerprint density at radius 1 is 1.24 bits per heavy atom. The van der Waals surface area contributed by atoms with Crippen LogP contribution in [-0.4, -0.2) is 11.5 Å². The Hall–Kier alpha value is -0.750. The molecule has 0 aliphatic heterocycles. The Morgan fingerprint density at radius 2 is 2.10 bits per heavy atom. The van der Waals surface area contributed by atoms with Gasteiger partial charge in [-0.05, 0) is 44.3 Å². The van der Waals surface area contributed by atoms with E-state index in [0.717, 1.165) is 19.4 Å². The highest BCUT2D eigenvalue weighted by Gasteiger charge is 2.17. The van der Waals surface area contributed by atoms with Crippen LogP contribution in [0.2, 0.25) is 0 Å². The third-order valence-electron chi connectivity index (χ3n) is 3.59. The highest BCUT2D eigenvalue weighted by Crippen LogP contribution is 2.35. The van der Waals surface area contributed by atoms with Crippen molar-refractivity contribution in [3.05, 3.63) is 38.0 Å². The smallest absolute Gasteiger partial charge is 0.0950 e. The summed E-state index contributed by atoms with van der Waals surface area (Å²) in [7, 11) is 0. The fraction of sp³-hybridized carbons (Fsp3) is 0.438. The second kappa shape index (κ2) is 6.57. The quantitative estimate of drug-likeness (QED) is 0.659. The van der Waals surface area contributed by atoms with Crippen LogP contribution in [0.1, 0.15) is 39.8 Å². The van der Waals surface area contributed by atoms with Crippen molar-refractivity contribution in [2.45, 2.75) is 39.7 Å². The number of nitrogens with zero attached hydrogens (tertiary/aromatic N) is 1. The van der Waals surface area contributed by atoms with Gasteiger partial charge in [-0.1, -0.05) is 6.92 Å². The number of fused-ring (bicyclic) bond motifs is 1. The minimum Gasteiger partial charge on any atom is -0.309 e. The van der Waals surface area contributed by atoms with Crippen LogP contribution in [-0.2, 0) is 6.42 Å². The number of thiophene rings is 2. The van der Waals surface area contributed by atoms with Crippen molar-refractivity contribution in [1.82, 2.24) is 10.3 Å². The molecule has 0 aliphatic carbocycles. The van der Waals surface area contributed by atoms with Gasteiger partial charge in [-0.2, -0.15) is 0 Å². The van der Waals surface area contributed by atoms with Gasteiger partial charge in [-0.15, -0.1) is 34.0 Å². The second-order valence-electron chi connectivity index (χ2n) is 5.26. The molecular formula is C16H20N2S3. The second-order valence-corrected chi connectivity index (χ2v) is 8.61. The Morgan fingerprint density at radius 3 is 2.76 bits per heavy atom. The number of aromatic nitrogens is 1. The largest absolute Gasteiger partial charge is 0.309 e. The molecule has 112 valence electrons. The van der Waals surface area contributed by atoms with Crippen LogP contribution in [0.15, 0.2) is 17.5 Å². The normalized spacial score (nSPS) is 13.1. The molecule has 0 spiro atoms. The minimum atomic E-state index is 0.388. The summed E-state index contributed by atoms with van der Waals surface area (Å²) >= 11 is 5.59. The zero-order valence-electron chi connectivity index (χ0n) is 12.6. The fourth-order valence-electron chi connectivity index (χ4n) is 2.35. The molecule has 3 aromatic heterocycles. The van der Waals surface area contributed by atoms with Gasteiger partial charge in [0.15, 0.2) is 0 Å². The number of rotatable bonds is 6. The van der Waals surface area contributed by atoms with Crippen molar-refractivity contribution >= 4 is 43.4 Å². The van der Waals surface area contributed by atoms with Crippen LogP contribution in [0.25, 0.3) is 9.40 Å². The van der Waals surface area contributed by atoms with Crippen molar-refractivity contribution in [1.29, 1.82) is 0 Å². The van der Waals surface area contributed by atoms with Crippen molar-refractivity contribution in [2.75, 3.05) is 6.54 Å². The van der Waals surface area contributed by atoms with Gasteiger partial charge in [0.05, 0.1) is 10.7 Å². The summed E-state index contributed by atoms with van der Waals surface area (Å²) in [6, 6.07) is 4.97. The van der Waals surface area contributed by atoms with Crippen LogP contribution in [0, 0.1) is 13.8 Å². The topological polar surface area (TPSA) is 24.9 Å². The zero-order valence-corrected chi connectivity index (χ0v) is 15.1. The molecule has 2 nitrogen and oxygen atoms in total. The molecule has 0 fully saturated rings. The highest BCUT2D eigenvalue weighted by atomic mass is 32.1. The lowest BCUT2D eigenvalue weighted by Gasteiger charge is -2.15. The molecule has 0 saturated heterocycles. The first-order chi connectivity index (χ1) is 10.2. The van der Waals surface area contributed by atoms with E-state index < -0.39 is 0 Å². The SMILES string of the molecule is CCCNC(Cc1nc(C)c(C)s1)c1cc2sccc2s1. The molecule has 1 unspecified atom stereocenters. The van der Waals surface area contributed by atoms with E-state index in [0.29, 0.717) is 6.04 Å². The van der Waals surface area contributed by atoms with Gasteiger partial charge in [0.25, 0.3) is 0 Å². The third kappa shape index (κ3) is 3.37. The maximum absolute atomic E-state index is 4.71. The summed E-state index contributed by atoms with van der Waals surface area (Å²) in [5.41, 5.74) is 1.18. The average molecular weight is 337 g/mol. The van der Waals surface area contributed by atoms with Crippen LogP contribution in [0.4, 0.5) is 0 Å². The Bertz CT molecular complexity index is 675. The number of thiazole rings is 1. The number of hydrogen-bond acceptors (Lipinski definition) is 5. The van der Waals surface area contributed by atoms with Crippen LogP contribution in [0.5, 0.6) is 0 Å². The highest BCUT2D eigenvalue weighted by molar-refractivity contribution is 7.27. The molecule has 21 heavy (non-hydrogen) atoms. The molecule has 5 heteroatoms. The first kappa shape index (κ1) is 15.2. The van der Waals surface area contributed by atoms with E-state index in [2.05, 4.69) is 43.6 Å². The number of nitrogens with one attached hydrogen (secondary N) is 1. The third-order valence-corrected chi connectivity index (χ3v) is 6.90. The number of aryl methyl sites for hydroxylation is 2. The van der Waals surface area contributed by atoms with E-state index >= 15 is 0 Å². The molecule has 0 aliphatic rings. The van der Waals surface area contributed by atoms with E-state index in [1.54, 1.807) is 0 Å². The zero-order chi connectivity index (χ0) is 14.8. The van der Waals surface area contributed by atoms with Gasteiger partial charge in [-0.3, -0.25) is 0 Å². The van der Waals surface area contributed by atoms with Gasteiger partial charge >= 0.3 is 0 Å². The van der Waals surface area contributed by atoms with Crippen molar-refractivity contribution in [3.8, 4) is 0 Å². The molecule has 3 aromatic rings. The molecule has 0 aromatic carbocycles. The lowest BCUT2D eigenvalue weighted by atomic mass is 10.1. The average Bonchev–Trinajstić information content (AvgIpc) is 3.10. The minimum absolute atomic E-state index is 0.388. The van der Waals surface area contributed by atoms with Gasteiger partial charge < -0.3 is 5.32 Å². The van der Waals surface area contributed by atoms with Crippen LogP contribution in [0.3, 0.4) is 0 Å². The monoisotopic (exact) mass is 336 g/mol. The van der Waals surface area contributed by atoms with Gasteiger partial charge in [0, 0.05) is 31.6 Å². The summed E-state index contributed by atoms with van der Waals surface area (Å²) in [5, 5.41) is 7.11. The standard InChI is InChI=1S/C16H20N2S3/c1-4-6-17-12(8-16-18-10(2)11(3)20-16)14-9-15-13(21-14)5-7-19-15/h5,7,9,12,17H,4,6,8H2,1-3H3. The summed E-state index contributed by atoms with van der Waals surface area (Å²) in [6.45, 7) is 7.53. The molecule has 0 radical (unpaired) electrons. The summed E-state index contributed by atoms with van der Waals surface area (Å²) in [5.74, 6) is 0. The molecule has 0 amide bonds. The first-order valence-electron chi connectivity index (χ1n) is 7.30. The predicted molar refractivity (Wildman–Crippen MR) is 96.0 cm³/mol. The molecule has 1 atom stereocenters. The lowest BCUT2D eigenvalue weighted by molar-refractivity contribution is 0.535. The predicted octanol–water partition coefficient (Wildman–Crippen LogP) is 5.32. The molecule has 3 rings (SSSR count).